The standard InChI is InChI=1S/C23H39N3O4/c1-5-6-9-16(2)23(11-7-8-12-23)14-18-24-21(28)20(27)19-22(29)25(3)17(10-13-30-4)15-26(18)19/h16-17,21,27-28H,5-15H2,1-4H3/t16?,17-,21?/m1/s1. The van der Waals surface area contributed by atoms with Crippen LogP contribution in [0.2, 0.25) is 0 Å². The molecule has 0 spiro atoms. The number of amidine groups is 1. The Morgan fingerprint density at radius 1 is 1.33 bits per heavy atom. The molecule has 0 bridgehead atoms. The fourth-order valence-electron chi connectivity index (χ4n) is 5.48. The van der Waals surface area contributed by atoms with E-state index < -0.39 is 6.23 Å². The third-order valence-electron chi connectivity index (χ3n) is 7.60. The molecule has 1 amide bonds. The molecule has 3 rings (SSSR count). The number of hydrogen-bond donors (Lipinski definition) is 2. The number of aliphatic hydroxyl groups excluding tert-OH is 2. The number of fused-ring (bicyclic) bond motifs is 1. The number of amides is 1. The van der Waals surface area contributed by atoms with E-state index in [4.69, 9.17) is 4.74 Å². The van der Waals surface area contributed by atoms with Crippen molar-refractivity contribution in [2.45, 2.75) is 83.9 Å². The normalized spacial score (nSPS) is 27.4. The lowest BCUT2D eigenvalue weighted by atomic mass is 9.70. The van der Waals surface area contributed by atoms with Crippen LogP contribution in [-0.4, -0.2) is 71.3 Å². The maximum Gasteiger partial charge on any atom is 0.274 e. The van der Waals surface area contributed by atoms with E-state index in [1.54, 1.807) is 19.1 Å². The van der Waals surface area contributed by atoms with E-state index in [0.29, 0.717) is 19.1 Å². The Balaban J connectivity index is 1.88. The van der Waals surface area contributed by atoms with Gasteiger partial charge in [0.25, 0.3) is 5.91 Å². The van der Waals surface area contributed by atoms with Gasteiger partial charge in [-0.05, 0) is 30.6 Å². The van der Waals surface area contributed by atoms with Crippen molar-refractivity contribution in [3.63, 3.8) is 0 Å². The van der Waals surface area contributed by atoms with Crippen LogP contribution in [0.4, 0.5) is 0 Å². The van der Waals surface area contributed by atoms with Crippen molar-refractivity contribution in [1.82, 2.24) is 9.80 Å². The number of nitrogens with zero attached hydrogens (tertiary/aromatic N) is 3. The van der Waals surface area contributed by atoms with Gasteiger partial charge in [0.2, 0.25) is 6.23 Å². The van der Waals surface area contributed by atoms with Crippen LogP contribution < -0.4 is 0 Å². The van der Waals surface area contributed by atoms with Crippen LogP contribution in [-0.2, 0) is 9.53 Å². The fourth-order valence-corrected chi connectivity index (χ4v) is 5.48. The van der Waals surface area contributed by atoms with Crippen LogP contribution in [0.1, 0.15) is 71.6 Å². The zero-order valence-corrected chi connectivity index (χ0v) is 19.1. The molecule has 3 atom stereocenters. The largest absolute Gasteiger partial charge is 0.506 e. The van der Waals surface area contributed by atoms with Gasteiger partial charge in [0, 0.05) is 33.7 Å². The van der Waals surface area contributed by atoms with E-state index in [0.717, 1.165) is 31.5 Å². The van der Waals surface area contributed by atoms with E-state index in [1.165, 1.54) is 32.1 Å². The van der Waals surface area contributed by atoms with Gasteiger partial charge in [-0.15, -0.1) is 0 Å². The molecule has 7 heteroatoms. The minimum absolute atomic E-state index is 0.0218. The van der Waals surface area contributed by atoms with Crippen molar-refractivity contribution in [1.29, 1.82) is 0 Å². The zero-order chi connectivity index (χ0) is 21.9. The van der Waals surface area contributed by atoms with Crippen LogP contribution in [0, 0.1) is 11.3 Å². The molecule has 2 N–H and O–H groups in total. The molecule has 2 aliphatic heterocycles. The van der Waals surface area contributed by atoms with Gasteiger partial charge in [-0.3, -0.25) is 4.79 Å². The van der Waals surface area contributed by atoms with Crippen molar-refractivity contribution in [2.75, 3.05) is 27.3 Å². The minimum atomic E-state index is -1.36. The predicted molar refractivity (Wildman–Crippen MR) is 117 cm³/mol. The number of carbonyl (C=O) groups is 1. The molecule has 3 aliphatic rings. The van der Waals surface area contributed by atoms with E-state index in [9.17, 15) is 15.0 Å². The van der Waals surface area contributed by atoms with E-state index in [-0.39, 0.29) is 28.8 Å². The maximum atomic E-state index is 13.1. The fraction of sp³-hybridized carbons (Fsp3) is 0.826. The summed E-state index contributed by atoms with van der Waals surface area (Å²) in [4.78, 5) is 21.1. The number of likely N-dealkylation sites (N-methyl/N-ethyl adjacent to an activating group) is 1. The number of unbranched alkanes of at least 4 members (excludes halogenated alkanes) is 1. The summed E-state index contributed by atoms with van der Waals surface area (Å²) < 4.78 is 5.23. The third-order valence-corrected chi connectivity index (χ3v) is 7.60. The van der Waals surface area contributed by atoms with Crippen LogP contribution >= 0.6 is 0 Å². The van der Waals surface area contributed by atoms with Crippen LogP contribution in [0.3, 0.4) is 0 Å². The quantitative estimate of drug-likeness (QED) is 0.596. The predicted octanol–water partition coefficient (Wildman–Crippen LogP) is 3.44. The number of aliphatic hydroxyl groups is 2. The maximum absolute atomic E-state index is 13.1. The Kier molecular flexibility index (Phi) is 7.45. The van der Waals surface area contributed by atoms with E-state index in [1.807, 2.05) is 4.90 Å². The highest BCUT2D eigenvalue weighted by molar-refractivity contribution is 6.01. The molecule has 1 aliphatic carbocycles. The van der Waals surface area contributed by atoms with E-state index in [2.05, 4.69) is 18.8 Å². The molecule has 2 unspecified atom stereocenters. The van der Waals surface area contributed by atoms with Gasteiger partial charge >= 0.3 is 0 Å². The molecule has 0 aromatic carbocycles. The van der Waals surface area contributed by atoms with Crippen LogP contribution in [0.5, 0.6) is 0 Å². The van der Waals surface area contributed by atoms with Gasteiger partial charge in [-0.25, -0.2) is 4.99 Å². The lowest BCUT2D eigenvalue weighted by Crippen LogP contribution is -2.58. The highest BCUT2D eigenvalue weighted by Gasteiger charge is 2.46. The minimum Gasteiger partial charge on any atom is -0.506 e. The molecule has 30 heavy (non-hydrogen) atoms. The lowest BCUT2D eigenvalue weighted by Gasteiger charge is -2.46. The number of aliphatic imine (C=N–C) groups is 1. The number of carbonyl (C=O) groups excluding carboxylic acids is 1. The molecule has 0 aromatic heterocycles. The Bertz CT molecular complexity index is 684. The van der Waals surface area contributed by atoms with Crippen LogP contribution in [0.25, 0.3) is 0 Å². The first-order valence-corrected chi connectivity index (χ1v) is 11.6. The molecular formula is C23H39N3O4. The van der Waals surface area contributed by atoms with Gasteiger partial charge in [0.15, 0.2) is 11.5 Å². The Labute approximate surface area is 180 Å². The molecule has 0 radical (unpaired) electrons. The molecule has 0 aromatic rings. The second-order valence-corrected chi connectivity index (χ2v) is 9.40. The number of hydrogen-bond acceptors (Lipinski definition) is 6. The number of methoxy groups -OCH3 is 1. The van der Waals surface area contributed by atoms with Crippen molar-refractivity contribution in [2.24, 2.45) is 16.3 Å². The van der Waals surface area contributed by atoms with Crippen molar-refractivity contribution >= 4 is 11.7 Å². The summed E-state index contributed by atoms with van der Waals surface area (Å²) >= 11 is 0. The summed E-state index contributed by atoms with van der Waals surface area (Å²) in [5.41, 5.74) is 0.346. The molecule has 1 saturated carbocycles. The van der Waals surface area contributed by atoms with Crippen LogP contribution in [0.15, 0.2) is 16.4 Å². The first-order valence-electron chi connectivity index (χ1n) is 11.6. The number of rotatable bonds is 9. The SMILES string of the molecule is CCCCC(C)C1(CC2=NC(O)C(O)=C3C(=O)N(C)[C@H](CCOC)CN23)CCCC1. The number of ether oxygens (including phenoxy) is 1. The molecule has 2 heterocycles. The van der Waals surface area contributed by atoms with Crippen molar-refractivity contribution in [3.8, 4) is 0 Å². The highest BCUT2D eigenvalue weighted by Crippen LogP contribution is 2.50. The van der Waals surface area contributed by atoms with Crippen molar-refractivity contribution < 1.29 is 19.7 Å². The topological polar surface area (TPSA) is 85.6 Å². The smallest absolute Gasteiger partial charge is 0.274 e. The first-order chi connectivity index (χ1) is 14.3. The first kappa shape index (κ1) is 23.1. The Morgan fingerprint density at radius 3 is 2.67 bits per heavy atom. The second kappa shape index (κ2) is 9.69. The Hall–Kier alpha value is -1.60. The monoisotopic (exact) mass is 421 g/mol. The molecule has 170 valence electrons. The summed E-state index contributed by atoms with van der Waals surface area (Å²) in [5, 5.41) is 20.9. The molecule has 2 fully saturated rings. The van der Waals surface area contributed by atoms with Gasteiger partial charge in [0.1, 0.15) is 5.84 Å². The summed E-state index contributed by atoms with van der Waals surface area (Å²) in [7, 11) is 3.41. The average molecular weight is 422 g/mol. The zero-order valence-electron chi connectivity index (χ0n) is 19.1. The Morgan fingerprint density at radius 2 is 2.03 bits per heavy atom. The summed E-state index contributed by atoms with van der Waals surface area (Å²) in [6, 6.07) is -0.0218. The van der Waals surface area contributed by atoms with Gasteiger partial charge in [0.05, 0.1) is 6.04 Å². The van der Waals surface area contributed by atoms with Gasteiger partial charge < -0.3 is 24.7 Å². The number of piperazine rings is 1. The second-order valence-electron chi connectivity index (χ2n) is 9.40. The molecule has 7 nitrogen and oxygen atoms in total. The molecular weight excluding hydrogens is 382 g/mol. The lowest BCUT2D eigenvalue weighted by molar-refractivity contribution is -0.133. The van der Waals surface area contributed by atoms with E-state index >= 15 is 0 Å². The van der Waals surface area contributed by atoms with Gasteiger partial charge in [-0.2, -0.15) is 0 Å². The average Bonchev–Trinajstić information content (AvgIpc) is 3.20. The summed E-state index contributed by atoms with van der Waals surface area (Å²) in [5.74, 6) is 0.728. The molecule has 1 saturated heterocycles. The van der Waals surface area contributed by atoms with Crippen molar-refractivity contribution in [3.05, 3.63) is 11.5 Å². The summed E-state index contributed by atoms with van der Waals surface area (Å²) in [6.45, 7) is 5.71. The van der Waals surface area contributed by atoms with Gasteiger partial charge in [-0.1, -0.05) is 46.0 Å². The summed E-state index contributed by atoms with van der Waals surface area (Å²) in [6.07, 6.45) is 8.47. The third kappa shape index (κ3) is 4.37. The highest BCUT2D eigenvalue weighted by atomic mass is 16.5.